The minimum Gasteiger partial charge on any atom is -0.508 e. The van der Waals surface area contributed by atoms with Crippen LogP contribution in [0.4, 0.5) is 11.5 Å². The second-order valence-electron chi connectivity index (χ2n) is 8.22. The standard InChI is InChI=1S/C23H34N4O2.CH4O3S/c1-2-24-22-8-7-13-25-23(22)27-17-15-26(16-18-27)14-5-3-4-6-19-29-21-11-9-20(28)10-12-21;1-5(2,3)4/h7-13,24,28H,2-6,14-19H2,1H3;1H3,(H,2,3,4). The summed E-state index contributed by atoms with van der Waals surface area (Å²) in [6.07, 6.45) is 7.34. The molecule has 0 amide bonds. The average Bonchev–Trinajstić information content (AvgIpc) is 2.80. The normalized spacial score (nSPS) is 14.3. The number of aromatic nitrogens is 1. The summed E-state index contributed by atoms with van der Waals surface area (Å²) in [5.41, 5.74) is 1.14. The number of nitrogens with one attached hydrogen (secondary N) is 1. The molecule has 34 heavy (non-hydrogen) atoms. The van der Waals surface area contributed by atoms with E-state index in [-0.39, 0.29) is 5.75 Å². The van der Waals surface area contributed by atoms with E-state index in [4.69, 9.17) is 9.29 Å². The van der Waals surface area contributed by atoms with E-state index in [1.54, 1.807) is 24.3 Å². The average molecular weight is 495 g/mol. The van der Waals surface area contributed by atoms with E-state index in [2.05, 4.69) is 33.1 Å². The van der Waals surface area contributed by atoms with Gasteiger partial charge in [-0.25, -0.2) is 4.98 Å². The lowest BCUT2D eigenvalue weighted by Gasteiger charge is -2.36. The zero-order chi connectivity index (χ0) is 24.8. The molecule has 9 nitrogen and oxygen atoms in total. The summed E-state index contributed by atoms with van der Waals surface area (Å²) in [6, 6.07) is 11.0. The Hall–Kier alpha value is -2.56. The van der Waals surface area contributed by atoms with E-state index in [0.29, 0.717) is 6.26 Å². The first kappa shape index (κ1) is 27.7. The number of hydrogen-bond donors (Lipinski definition) is 3. The van der Waals surface area contributed by atoms with Crippen LogP contribution in [0.2, 0.25) is 0 Å². The van der Waals surface area contributed by atoms with Crippen molar-refractivity contribution in [3.63, 3.8) is 0 Å². The molecular formula is C24H38N4O5S. The van der Waals surface area contributed by atoms with Gasteiger partial charge in [0.05, 0.1) is 18.6 Å². The smallest absolute Gasteiger partial charge is 0.261 e. The second kappa shape index (κ2) is 14.6. The zero-order valence-electron chi connectivity index (χ0n) is 20.2. The molecule has 1 aliphatic heterocycles. The largest absolute Gasteiger partial charge is 0.508 e. The van der Waals surface area contributed by atoms with Crippen LogP contribution >= 0.6 is 0 Å². The van der Waals surface area contributed by atoms with Crippen molar-refractivity contribution in [1.29, 1.82) is 0 Å². The first-order valence-electron chi connectivity index (χ1n) is 11.8. The summed E-state index contributed by atoms with van der Waals surface area (Å²) in [5, 5.41) is 12.7. The third kappa shape index (κ3) is 11.5. The maximum absolute atomic E-state index is 9.27. The Morgan fingerprint density at radius 1 is 1.03 bits per heavy atom. The number of aromatic hydroxyl groups is 1. The van der Waals surface area contributed by atoms with Gasteiger partial charge in [-0.15, -0.1) is 0 Å². The summed E-state index contributed by atoms with van der Waals surface area (Å²) in [5.74, 6) is 2.18. The van der Waals surface area contributed by atoms with Gasteiger partial charge in [-0.1, -0.05) is 12.8 Å². The number of anilines is 2. The SMILES string of the molecule is CCNc1cccnc1N1CCN(CCCCCCOc2ccc(O)cc2)CC1.CS(=O)(=O)O. The number of benzene rings is 1. The quantitative estimate of drug-likeness (QED) is 0.319. The molecule has 1 aromatic carbocycles. The highest BCUT2D eigenvalue weighted by Crippen LogP contribution is 2.23. The predicted molar refractivity (Wildman–Crippen MR) is 137 cm³/mol. The summed E-state index contributed by atoms with van der Waals surface area (Å²) < 4.78 is 31.6. The minimum atomic E-state index is -3.67. The van der Waals surface area contributed by atoms with Crippen LogP contribution in [-0.2, 0) is 10.1 Å². The molecule has 190 valence electrons. The first-order valence-corrected chi connectivity index (χ1v) is 13.6. The van der Waals surface area contributed by atoms with Crippen LogP contribution in [-0.4, -0.2) is 80.1 Å². The molecular weight excluding hydrogens is 456 g/mol. The molecule has 1 aliphatic rings. The molecule has 0 spiro atoms. The number of unbranched alkanes of at least 4 members (excludes halogenated alkanes) is 3. The molecule has 3 rings (SSSR count). The van der Waals surface area contributed by atoms with E-state index in [9.17, 15) is 13.5 Å². The molecule has 0 saturated carbocycles. The molecule has 3 N–H and O–H groups in total. The van der Waals surface area contributed by atoms with E-state index < -0.39 is 10.1 Å². The summed E-state index contributed by atoms with van der Waals surface area (Å²) in [4.78, 5) is 9.56. The maximum atomic E-state index is 9.27. The lowest BCUT2D eigenvalue weighted by atomic mass is 10.2. The number of pyridine rings is 1. The molecule has 0 atom stereocenters. The highest BCUT2D eigenvalue weighted by molar-refractivity contribution is 7.85. The van der Waals surface area contributed by atoms with Crippen molar-refractivity contribution in [1.82, 2.24) is 9.88 Å². The first-order chi connectivity index (χ1) is 16.3. The Morgan fingerprint density at radius 2 is 1.68 bits per heavy atom. The Labute approximate surface area is 203 Å². The number of hydrogen-bond acceptors (Lipinski definition) is 8. The fourth-order valence-corrected chi connectivity index (χ4v) is 3.68. The predicted octanol–water partition coefficient (Wildman–Crippen LogP) is 3.48. The van der Waals surface area contributed by atoms with Crippen LogP contribution in [0, 0.1) is 0 Å². The van der Waals surface area contributed by atoms with Gasteiger partial charge in [0.1, 0.15) is 11.5 Å². The topological polar surface area (TPSA) is 115 Å². The van der Waals surface area contributed by atoms with Gasteiger partial charge in [0.25, 0.3) is 10.1 Å². The van der Waals surface area contributed by atoms with Crippen molar-refractivity contribution in [2.75, 3.05) is 62.3 Å². The van der Waals surface area contributed by atoms with Crippen LogP contribution in [0.5, 0.6) is 11.5 Å². The second-order valence-corrected chi connectivity index (χ2v) is 9.69. The van der Waals surface area contributed by atoms with Crippen molar-refractivity contribution >= 4 is 21.6 Å². The van der Waals surface area contributed by atoms with Gasteiger partial charge >= 0.3 is 0 Å². The molecule has 2 aromatic rings. The Balaban J connectivity index is 0.000000739. The van der Waals surface area contributed by atoms with Crippen LogP contribution in [0.3, 0.4) is 0 Å². The van der Waals surface area contributed by atoms with Crippen molar-refractivity contribution in [2.24, 2.45) is 0 Å². The number of phenolic OH excluding ortho intramolecular Hbond substituents is 1. The fraction of sp³-hybridized carbons (Fsp3) is 0.542. The molecule has 0 radical (unpaired) electrons. The molecule has 0 bridgehead atoms. The van der Waals surface area contributed by atoms with Gasteiger partial charge in [-0.3, -0.25) is 9.45 Å². The molecule has 1 saturated heterocycles. The number of piperazine rings is 1. The van der Waals surface area contributed by atoms with Crippen LogP contribution < -0.4 is 15.0 Å². The van der Waals surface area contributed by atoms with Crippen molar-refractivity contribution in [3.8, 4) is 11.5 Å². The van der Waals surface area contributed by atoms with E-state index in [1.807, 2.05) is 12.3 Å². The van der Waals surface area contributed by atoms with Crippen LogP contribution in [0.15, 0.2) is 42.6 Å². The lowest BCUT2D eigenvalue weighted by Crippen LogP contribution is -2.47. The van der Waals surface area contributed by atoms with E-state index in [1.165, 1.54) is 25.8 Å². The Morgan fingerprint density at radius 3 is 2.32 bits per heavy atom. The van der Waals surface area contributed by atoms with Gasteiger partial charge in [-0.2, -0.15) is 8.42 Å². The lowest BCUT2D eigenvalue weighted by molar-refractivity contribution is 0.249. The third-order valence-electron chi connectivity index (χ3n) is 5.30. The Bertz CT molecular complexity index is 925. The van der Waals surface area contributed by atoms with Crippen molar-refractivity contribution < 1.29 is 22.8 Å². The van der Waals surface area contributed by atoms with Crippen molar-refractivity contribution in [3.05, 3.63) is 42.6 Å². The molecule has 1 fully saturated rings. The van der Waals surface area contributed by atoms with Gasteiger partial charge in [0.15, 0.2) is 5.82 Å². The monoisotopic (exact) mass is 494 g/mol. The highest BCUT2D eigenvalue weighted by Gasteiger charge is 2.19. The zero-order valence-corrected chi connectivity index (χ0v) is 21.0. The van der Waals surface area contributed by atoms with Gasteiger partial charge < -0.3 is 20.1 Å². The van der Waals surface area contributed by atoms with Crippen LogP contribution in [0.25, 0.3) is 0 Å². The summed E-state index contributed by atoms with van der Waals surface area (Å²) in [7, 11) is -3.67. The number of nitrogens with zero attached hydrogens (tertiary/aromatic N) is 3. The van der Waals surface area contributed by atoms with Crippen molar-refractivity contribution in [2.45, 2.75) is 32.6 Å². The molecule has 0 aliphatic carbocycles. The fourth-order valence-electron chi connectivity index (χ4n) is 3.68. The number of phenols is 1. The third-order valence-corrected chi connectivity index (χ3v) is 5.30. The molecule has 2 heterocycles. The van der Waals surface area contributed by atoms with E-state index in [0.717, 1.165) is 63.0 Å². The molecule has 0 unspecified atom stereocenters. The summed E-state index contributed by atoms with van der Waals surface area (Å²) in [6.45, 7) is 9.23. The van der Waals surface area contributed by atoms with Gasteiger partial charge in [-0.05, 0) is 62.7 Å². The molecule has 10 heteroatoms. The minimum absolute atomic E-state index is 0.274. The number of ether oxygens (including phenoxy) is 1. The highest BCUT2D eigenvalue weighted by atomic mass is 32.2. The summed E-state index contributed by atoms with van der Waals surface area (Å²) >= 11 is 0. The van der Waals surface area contributed by atoms with Gasteiger partial charge in [0, 0.05) is 38.9 Å². The Kier molecular flexibility index (Phi) is 11.9. The maximum Gasteiger partial charge on any atom is 0.261 e. The number of rotatable bonds is 11. The van der Waals surface area contributed by atoms with Crippen LogP contribution in [0.1, 0.15) is 32.6 Å². The van der Waals surface area contributed by atoms with Gasteiger partial charge in [0.2, 0.25) is 0 Å². The molecule has 1 aromatic heterocycles. The van der Waals surface area contributed by atoms with E-state index >= 15 is 0 Å².